The molecule has 6 heteroatoms. The van der Waals surface area contributed by atoms with Gasteiger partial charge in [0.1, 0.15) is 5.75 Å². The molecule has 1 heterocycles. The molecule has 0 radical (unpaired) electrons. The lowest BCUT2D eigenvalue weighted by Crippen LogP contribution is -2.26. The van der Waals surface area contributed by atoms with E-state index >= 15 is 0 Å². The van der Waals surface area contributed by atoms with E-state index in [1.807, 2.05) is 24.3 Å². The van der Waals surface area contributed by atoms with Crippen LogP contribution >= 0.6 is 11.8 Å². The summed E-state index contributed by atoms with van der Waals surface area (Å²) in [5, 5.41) is 10.6. The van der Waals surface area contributed by atoms with E-state index in [2.05, 4.69) is 0 Å². The number of phenolic OH excluding ortho intramolecular Hbond substituents is 1. The monoisotopic (exact) mass is 380 g/mol. The van der Waals surface area contributed by atoms with E-state index in [0.717, 1.165) is 25.7 Å². The first-order chi connectivity index (χ1) is 13.1. The summed E-state index contributed by atoms with van der Waals surface area (Å²) in [6.45, 7) is 0. The van der Waals surface area contributed by atoms with E-state index in [9.17, 15) is 14.7 Å². The fraction of sp³-hybridized carbons (Fsp3) is 0.286. The van der Waals surface area contributed by atoms with Crippen molar-refractivity contribution in [3.8, 4) is 5.75 Å². The van der Waals surface area contributed by atoms with Crippen molar-refractivity contribution in [3.05, 3.63) is 64.4 Å². The van der Waals surface area contributed by atoms with E-state index in [1.165, 1.54) is 23.9 Å². The molecule has 0 saturated heterocycles. The number of fused-ring (bicyclic) bond motifs is 1. The second-order valence-corrected chi connectivity index (χ2v) is 7.73. The number of Topliss-reactive ketones (excluding diaryl/α,β-unsaturated/α-hetero) is 1. The van der Waals surface area contributed by atoms with Crippen LogP contribution in [-0.2, 0) is 0 Å². The Morgan fingerprint density at radius 2 is 1.81 bits per heavy atom. The van der Waals surface area contributed by atoms with Gasteiger partial charge in [0.15, 0.2) is 10.9 Å². The first-order valence-corrected chi connectivity index (χ1v) is 10.1. The van der Waals surface area contributed by atoms with E-state index in [0.29, 0.717) is 21.6 Å². The highest BCUT2D eigenvalue weighted by molar-refractivity contribution is 7.99. The topological polar surface area (TPSA) is 72.2 Å². The number of carbonyl (C=O) groups is 1. The second kappa shape index (κ2) is 7.56. The lowest BCUT2D eigenvalue weighted by molar-refractivity contribution is 0.102. The summed E-state index contributed by atoms with van der Waals surface area (Å²) in [6, 6.07) is 13.7. The summed E-state index contributed by atoms with van der Waals surface area (Å²) in [7, 11) is 0. The number of aromatic hydroxyl groups is 1. The number of thioether (sulfide) groups is 1. The van der Waals surface area contributed by atoms with Crippen LogP contribution in [0.2, 0.25) is 0 Å². The van der Waals surface area contributed by atoms with Gasteiger partial charge in [-0.3, -0.25) is 14.2 Å². The van der Waals surface area contributed by atoms with Crippen LogP contribution in [0.5, 0.6) is 5.75 Å². The third kappa shape index (κ3) is 3.62. The molecule has 1 aliphatic rings. The number of hydrogen-bond acceptors (Lipinski definition) is 5. The number of carbonyl (C=O) groups excluding carboxylic acids is 1. The zero-order chi connectivity index (χ0) is 18.8. The van der Waals surface area contributed by atoms with E-state index in [4.69, 9.17) is 4.98 Å². The minimum absolute atomic E-state index is 0.0212. The number of nitrogens with zero attached hydrogens (tertiary/aromatic N) is 2. The van der Waals surface area contributed by atoms with Gasteiger partial charge in [0, 0.05) is 11.6 Å². The van der Waals surface area contributed by atoms with Crippen LogP contribution in [0.3, 0.4) is 0 Å². The van der Waals surface area contributed by atoms with Gasteiger partial charge in [0.05, 0.1) is 16.7 Å². The van der Waals surface area contributed by atoms with Crippen LogP contribution in [0.4, 0.5) is 0 Å². The Morgan fingerprint density at radius 3 is 2.56 bits per heavy atom. The molecular weight excluding hydrogens is 360 g/mol. The van der Waals surface area contributed by atoms with Gasteiger partial charge in [-0.15, -0.1) is 0 Å². The van der Waals surface area contributed by atoms with Crippen molar-refractivity contribution < 1.29 is 9.90 Å². The second-order valence-electron chi connectivity index (χ2n) is 6.78. The van der Waals surface area contributed by atoms with Crippen LogP contribution in [0.15, 0.2) is 58.5 Å². The van der Waals surface area contributed by atoms with Gasteiger partial charge in [-0.2, -0.15) is 0 Å². The number of benzene rings is 2. The van der Waals surface area contributed by atoms with Crippen molar-refractivity contribution in [2.24, 2.45) is 0 Å². The van der Waals surface area contributed by atoms with Gasteiger partial charge in [-0.05, 0) is 49.2 Å². The quantitative estimate of drug-likeness (QED) is 0.408. The fourth-order valence-electron chi connectivity index (χ4n) is 3.57. The Kier molecular flexibility index (Phi) is 4.99. The normalized spacial score (nSPS) is 14.7. The van der Waals surface area contributed by atoms with Gasteiger partial charge in [-0.1, -0.05) is 36.7 Å². The average molecular weight is 380 g/mol. The van der Waals surface area contributed by atoms with Crippen molar-refractivity contribution in [3.63, 3.8) is 0 Å². The molecule has 3 aromatic rings. The molecule has 0 spiro atoms. The maximum absolute atomic E-state index is 13.1. The molecule has 27 heavy (non-hydrogen) atoms. The summed E-state index contributed by atoms with van der Waals surface area (Å²) in [6.07, 6.45) is 4.17. The zero-order valence-corrected chi connectivity index (χ0v) is 15.6. The highest BCUT2D eigenvalue weighted by Gasteiger charge is 2.23. The van der Waals surface area contributed by atoms with E-state index < -0.39 is 0 Å². The Balaban J connectivity index is 1.67. The van der Waals surface area contributed by atoms with Crippen molar-refractivity contribution in [2.75, 3.05) is 5.75 Å². The van der Waals surface area contributed by atoms with Gasteiger partial charge in [0.2, 0.25) is 0 Å². The number of ketones is 1. The summed E-state index contributed by atoms with van der Waals surface area (Å²) in [5.41, 5.74) is 1.18. The van der Waals surface area contributed by atoms with Gasteiger partial charge >= 0.3 is 0 Å². The molecular formula is C21H20N2O3S. The van der Waals surface area contributed by atoms with Gasteiger partial charge < -0.3 is 5.11 Å². The van der Waals surface area contributed by atoms with Crippen LogP contribution in [-0.4, -0.2) is 26.2 Å². The van der Waals surface area contributed by atoms with Crippen molar-refractivity contribution in [2.45, 2.75) is 36.9 Å². The molecule has 5 nitrogen and oxygen atoms in total. The largest absolute Gasteiger partial charge is 0.508 e. The number of para-hydroxylation sites is 1. The smallest absolute Gasteiger partial charge is 0.262 e. The first-order valence-electron chi connectivity index (χ1n) is 9.10. The SMILES string of the molecule is O=C(CSc1nc2ccccc2c(=O)n1C1CCCC1)c1ccc(O)cc1. The molecule has 0 atom stereocenters. The Bertz CT molecular complexity index is 1040. The Morgan fingerprint density at radius 1 is 1.11 bits per heavy atom. The van der Waals surface area contributed by atoms with Gasteiger partial charge in [0.25, 0.3) is 5.56 Å². The Labute approximate surface area is 161 Å². The molecule has 1 aliphatic carbocycles. The molecule has 0 bridgehead atoms. The van der Waals surface area contributed by atoms with Crippen LogP contribution in [0.25, 0.3) is 10.9 Å². The highest BCUT2D eigenvalue weighted by Crippen LogP contribution is 2.32. The summed E-state index contributed by atoms with van der Waals surface area (Å²) < 4.78 is 1.80. The molecule has 138 valence electrons. The molecule has 1 fully saturated rings. The van der Waals surface area contributed by atoms with Crippen molar-refractivity contribution >= 4 is 28.4 Å². The molecule has 0 unspecified atom stereocenters. The van der Waals surface area contributed by atoms with Crippen LogP contribution < -0.4 is 5.56 Å². The number of rotatable bonds is 5. The van der Waals surface area contributed by atoms with Crippen LogP contribution in [0, 0.1) is 0 Å². The molecule has 2 aromatic carbocycles. The maximum atomic E-state index is 13.1. The molecule has 1 aromatic heterocycles. The maximum Gasteiger partial charge on any atom is 0.262 e. The third-order valence-electron chi connectivity index (χ3n) is 4.99. The number of hydrogen-bond donors (Lipinski definition) is 1. The van der Waals surface area contributed by atoms with Crippen molar-refractivity contribution in [1.82, 2.24) is 9.55 Å². The predicted molar refractivity (Wildman–Crippen MR) is 107 cm³/mol. The molecule has 1 saturated carbocycles. The molecule has 0 amide bonds. The average Bonchev–Trinajstić information content (AvgIpc) is 3.21. The van der Waals surface area contributed by atoms with Gasteiger partial charge in [-0.25, -0.2) is 4.98 Å². The summed E-state index contributed by atoms with van der Waals surface area (Å²) >= 11 is 1.31. The minimum atomic E-state index is -0.0552. The fourth-order valence-corrected chi connectivity index (χ4v) is 4.53. The Hall–Kier alpha value is -2.60. The third-order valence-corrected chi connectivity index (χ3v) is 5.94. The lowest BCUT2D eigenvalue weighted by Gasteiger charge is -2.18. The first kappa shape index (κ1) is 17.8. The number of aromatic nitrogens is 2. The number of phenols is 1. The molecule has 0 aliphatic heterocycles. The van der Waals surface area contributed by atoms with Crippen molar-refractivity contribution in [1.29, 1.82) is 0 Å². The molecule has 1 N–H and O–H groups in total. The van der Waals surface area contributed by atoms with E-state index in [1.54, 1.807) is 16.7 Å². The predicted octanol–water partition coefficient (Wildman–Crippen LogP) is 4.19. The molecule has 4 rings (SSSR count). The lowest BCUT2D eigenvalue weighted by atomic mass is 10.1. The highest BCUT2D eigenvalue weighted by atomic mass is 32.2. The summed E-state index contributed by atoms with van der Waals surface area (Å²) in [5.74, 6) is 0.272. The van der Waals surface area contributed by atoms with Crippen LogP contribution in [0.1, 0.15) is 42.1 Å². The standard InChI is InChI=1S/C21H20N2O3S/c24-16-11-9-14(10-12-16)19(25)13-27-21-22-18-8-4-3-7-17(18)20(26)23(21)15-5-1-2-6-15/h3-4,7-12,15,24H,1-2,5-6,13H2. The zero-order valence-electron chi connectivity index (χ0n) is 14.8. The van der Waals surface area contributed by atoms with E-state index in [-0.39, 0.29) is 28.9 Å². The summed E-state index contributed by atoms with van der Waals surface area (Å²) in [4.78, 5) is 30.3. The minimum Gasteiger partial charge on any atom is -0.508 e.